The molecule has 0 saturated heterocycles. The summed E-state index contributed by atoms with van der Waals surface area (Å²) in [4.78, 5) is 11.5. The van der Waals surface area contributed by atoms with Crippen molar-refractivity contribution in [2.75, 3.05) is 0 Å². The molecular weight excluding hydrogens is 344 g/mol. The van der Waals surface area contributed by atoms with Crippen molar-refractivity contribution in [2.45, 2.75) is 47.5 Å². The monoisotopic (exact) mass is 368 g/mol. The SMILES string of the molecule is CCc1onc(C)c1-c1cc(-c2c(C)nn(C)c2C)c(CC)c([N+](=O)[O-])c1. The van der Waals surface area contributed by atoms with Gasteiger partial charge in [-0.2, -0.15) is 5.10 Å². The van der Waals surface area contributed by atoms with Crippen molar-refractivity contribution in [1.29, 1.82) is 0 Å². The van der Waals surface area contributed by atoms with Crippen LogP contribution in [0.2, 0.25) is 0 Å². The number of benzene rings is 1. The second-order valence-corrected chi connectivity index (χ2v) is 6.72. The second kappa shape index (κ2) is 6.98. The minimum absolute atomic E-state index is 0.121. The van der Waals surface area contributed by atoms with E-state index in [2.05, 4.69) is 10.3 Å². The van der Waals surface area contributed by atoms with Crippen LogP contribution in [0, 0.1) is 30.9 Å². The summed E-state index contributed by atoms with van der Waals surface area (Å²) < 4.78 is 7.23. The molecule has 0 aliphatic heterocycles. The van der Waals surface area contributed by atoms with Crippen molar-refractivity contribution in [2.24, 2.45) is 7.05 Å². The third-order valence-electron chi connectivity index (χ3n) is 5.10. The van der Waals surface area contributed by atoms with Crippen LogP contribution in [0.5, 0.6) is 0 Å². The zero-order valence-electron chi connectivity index (χ0n) is 16.6. The standard InChI is InChI=1S/C20H24N4O3/c1-7-15-16(19-11(3)21-23(6)13(19)5)9-14(10-17(15)24(25)26)20-12(4)22-27-18(20)8-2/h9-10H,7-8H2,1-6H3. The van der Waals surface area contributed by atoms with Gasteiger partial charge in [0.1, 0.15) is 5.76 Å². The molecular formula is C20H24N4O3. The highest BCUT2D eigenvalue weighted by Crippen LogP contribution is 2.40. The molecule has 0 saturated carbocycles. The largest absolute Gasteiger partial charge is 0.360 e. The Hall–Kier alpha value is -2.96. The van der Waals surface area contributed by atoms with Gasteiger partial charge in [-0.3, -0.25) is 14.8 Å². The minimum Gasteiger partial charge on any atom is -0.360 e. The van der Waals surface area contributed by atoms with Crippen LogP contribution in [0.25, 0.3) is 22.3 Å². The number of hydrogen-bond acceptors (Lipinski definition) is 5. The molecule has 142 valence electrons. The lowest BCUT2D eigenvalue weighted by atomic mass is 9.90. The van der Waals surface area contributed by atoms with Gasteiger partial charge in [0, 0.05) is 41.9 Å². The fourth-order valence-electron chi connectivity index (χ4n) is 3.75. The van der Waals surface area contributed by atoms with Gasteiger partial charge < -0.3 is 4.52 Å². The number of hydrogen-bond donors (Lipinski definition) is 0. The molecule has 0 aliphatic carbocycles. The Kier molecular flexibility index (Phi) is 4.87. The topological polar surface area (TPSA) is 87.0 Å². The molecule has 0 N–H and O–H groups in total. The number of aromatic nitrogens is 3. The summed E-state index contributed by atoms with van der Waals surface area (Å²) in [5, 5.41) is 20.4. The Morgan fingerprint density at radius 2 is 1.81 bits per heavy atom. The summed E-state index contributed by atoms with van der Waals surface area (Å²) in [6, 6.07) is 3.66. The van der Waals surface area contributed by atoms with Crippen molar-refractivity contribution in [3.05, 3.63) is 50.7 Å². The van der Waals surface area contributed by atoms with E-state index in [1.165, 1.54) is 0 Å². The highest BCUT2D eigenvalue weighted by molar-refractivity contribution is 5.83. The Balaban J connectivity index is 2.41. The van der Waals surface area contributed by atoms with Crippen molar-refractivity contribution in [3.63, 3.8) is 0 Å². The second-order valence-electron chi connectivity index (χ2n) is 6.72. The first kappa shape index (κ1) is 18.8. The van der Waals surface area contributed by atoms with Crippen LogP contribution in [-0.4, -0.2) is 19.9 Å². The summed E-state index contributed by atoms with van der Waals surface area (Å²) in [5.74, 6) is 0.733. The van der Waals surface area contributed by atoms with Gasteiger partial charge >= 0.3 is 0 Å². The van der Waals surface area contributed by atoms with E-state index < -0.39 is 0 Å². The molecule has 7 nitrogen and oxygen atoms in total. The normalized spacial score (nSPS) is 11.2. The van der Waals surface area contributed by atoms with E-state index in [1.807, 2.05) is 52.4 Å². The molecule has 2 heterocycles. The highest BCUT2D eigenvalue weighted by atomic mass is 16.6. The average Bonchev–Trinajstić information content (AvgIpc) is 3.12. The number of rotatable bonds is 5. The molecule has 27 heavy (non-hydrogen) atoms. The van der Waals surface area contributed by atoms with Gasteiger partial charge in [-0.25, -0.2) is 0 Å². The van der Waals surface area contributed by atoms with Crippen LogP contribution in [-0.2, 0) is 19.9 Å². The number of nitrogens with zero attached hydrogens (tertiary/aromatic N) is 4. The van der Waals surface area contributed by atoms with Gasteiger partial charge in [-0.1, -0.05) is 19.0 Å². The van der Waals surface area contributed by atoms with Gasteiger partial charge in [0.05, 0.1) is 16.3 Å². The van der Waals surface area contributed by atoms with Crippen molar-refractivity contribution in [1.82, 2.24) is 14.9 Å². The first-order valence-corrected chi connectivity index (χ1v) is 9.07. The van der Waals surface area contributed by atoms with Gasteiger partial charge in [0.2, 0.25) is 0 Å². The average molecular weight is 368 g/mol. The van der Waals surface area contributed by atoms with E-state index in [4.69, 9.17) is 4.52 Å². The van der Waals surface area contributed by atoms with Gasteiger partial charge in [0.25, 0.3) is 5.69 Å². The lowest BCUT2D eigenvalue weighted by Crippen LogP contribution is -2.00. The maximum absolute atomic E-state index is 11.8. The Bertz CT molecular complexity index is 1030. The zero-order valence-corrected chi connectivity index (χ0v) is 16.6. The first-order chi connectivity index (χ1) is 12.8. The highest BCUT2D eigenvalue weighted by Gasteiger charge is 2.25. The predicted molar refractivity (Wildman–Crippen MR) is 104 cm³/mol. The van der Waals surface area contributed by atoms with E-state index in [9.17, 15) is 10.1 Å². The van der Waals surface area contributed by atoms with Crippen LogP contribution >= 0.6 is 0 Å². The Morgan fingerprint density at radius 1 is 1.11 bits per heavy atom. The number of nitro benzene ring substituents is 1. The molecule has 2 aromatic heterocycles. The lowest BCUT2D eigenvalue weighted by molar-refractivity contribution is -0.385. The fourth-order valence-corrected chi connectivity index (χ4v) is 3.75. The maximum Gasteiger partial charge on any atom is 0.273 e. The summed E-state index contributed by atoms with van der Waals surface area (Å²) in [5.41, 5.74) is 6.80. The molecule has 0 unspecified atom stereocenters. The molecule has 0 bridgehead atoms. The summed E-state index contributed by atoms with van der Waals surface area (Å²) >= 11 is 0. The van der Waals surface area contributed by atoms with E-state index in [1.54, 1.807) is 6.07 Å². The van der Waals surface area contributed by atoms with Crippen molar-refractivity contribution in [3.8, 4) is 22.3 Å². The van der Waals surface area contributed by atoms with Crippen LogP contribution in [0.15, 0.2) is 16.7 Å². The molecule has 7 heteroatoms. The van der Waals surface area contributed by atoms with Crippen molar-refractivity contribution < 1.29 is 9.45 Å². The summed E-state index contributed by atoms with van der Waals surface area (Å²) in [7, 11) is 1.88. The number of aryl methyl sites for hydroxylation is 4. The van der Waals surface area contributed by atoms with Crippen LogP contribution in [0.3, 0.4) is 0 Å². The summed E-state index contributed by atoms with van der Waals surface area (Å²) in [6.45, 7) is 9.69. The van der Waals surface area contributed by atoms with E-state index in [0.29, 0.717) is 12.8 Å². The lowest BCUT2D eigenvalue weighted by Gasteiger charge is -2.13. The van der Waals surface area contributed by atoms with Crippen LogP contribution in [0.1, 0.15) is 42.3 Å². The van der Waals surface area contributed by atoms with E-state index in [0.717, 1.165) is 50.7 Å². The molecule has 0 fully saturated rings. The smallest absolute Gasteiger partial charge is 0.273 e. The third-order valence-corrected chi connectivity index (χ3v) is 5.10. The van der Waals surface area contributed by atoms with E-state index >= 15 is 0 Å². The quantitative estimate of drug-likeness (QED) is 0.481. The molecule has 0 atom stereocenters. The summed E-state index contributed by atoms with van der Waals surface area (Å²) in [6.07, 6.45) is 1.22. The first-order valence-electron chi connectivity index (χ1n) is 9.07. The van der Waals surface area contributed by atoms with Gasteiger partial charge in [-0.15, -0.1) is 0 Å². The zero-order chi connectivity index (χ0) is 19.9. The fraction of sp³-hybridized carbons (Fsp3) is 0.400. The van der Waals surface area contributed by atoms with E-state index in [-0.39, 0.29) is 10.6 Å². The van der Waals surface area contributed by atoms with Crippen LogP contribution in [0.4, 0.5) is 5.69 Å². The molecule has 3 aromatic rings. The molecule has 0 aliphatic rings. The van der Waals surface area contributed by atoms with Gasteiger partial charge in [0.15, 0.2) is 0 Å². The molecule has 1 aromatic carbocycles. The molecule has 0 spiro atoms. The molecule has 3 rings (SSSR count). The Labute approximate surface area is 158 Å². The van der Waals surface area contributed by atoms with Crippen molar-refractivity contribution >= 4 is 5.69 Å². The van der Waals surface area contributed by atoms with Crippen LogP contribution < -0.4 is 0 Å². The maximum atomic E-state index is 11.8. The minimum atomic E-state index is -0.304. The predicted octanol–water partition coefficient (Wildman–Crippen LogP) is 4.70. The number of nitro groups is 1. The Morgan fingerprint density at radius 3 is 2.33 bits per heavy atom. The molecule has 0 radical (unpaired) electrons. The third kappa shape index (κ3) is 3.03. The molecule has 0 amide bonds. The van der Waals surface area contributed by atoms with Gasteiger partial charge in [-0.05, 0) is 44.4 Å².